The van der Waals surface area contributed by atoms with E-state index in [1.54, 1.807) is 4.52 Å². The molecule has 2 aromatic carbocycles. The van der Waals surface area contributed by atoms with Gasteiger partial charge < -0.3 is 10.2 Å². The van der Waals surface area contributed by atoms with Crippen molar-refractivity contribution in [1.82, 2.24) is 25.1 Å². The molecule has 33 heavy (non-hydrogen) atoms. The van der Waals surface area contributed by atoms with E-state index in [1.807, 2.05) is 36.4 Å². The topological polar surface area (TPSA) is 75.4 Å². The lowest BCUT2D eigenvalue weighted by molar-refractivity contribution is -0.125. The van der Waals surface area contributed by atoms with Crippen molar-refractivity contribution in [3.05, 3.63) is 76.8 Å². The van der Waals surface area contributed by atoms with Crippen LogP contribution in [0, 0.1) is 12.8 Å². The number of aromatic nitrogens is 4. The van der Waals surface area contributed by atoms with Crippen molar-refractivity contribution in [2.75, 3.05) is 18.0 Å². The number of piperidine rings is 1. The second kappa shape index (κ2) is 9.19. The number of carbonyl (C=O) groups excluding carboxylic acids is 1. The maximum absolute atomic E-state index is 12.7. The molecule has 1 aliphatic heterocycles. The number of amides is 1. The summed E-state index contributed by atoms with van der Waals surface area (Å²) in [5, 5.41) is 17.1. The van der Waals surface area contributed by atoms with Gasteiger partial charge in [-0.25, -0.2) is 0 Å². The van der Waals surface area contributed by atoms with Gasteiger partial charge in [0.1, 0.15) is 5.82 Å². The first-order valence-corrected chi connectivity index (χ1v) is 11.5. The van der Waals surface area contributed by atoms with E-state index in [-0.39, 0.29) is 11.8 Å². The van der Waals surface area contributed by atoms with E-state index in [9.17, 15) is 4.79 Å². The van der Waals surface area contributed by atoms with Crippen molar-refractivity contribution in [2.24, 2.45) is 5.92 Å². The Kier molecular flexibility index (Phi) is 5.96. The molecule has 5 rings (SSSR count). The van der Waals surface area contributed by atoms with Crippen molar-refractivity contribution in [3.8, 4) is 11.4 Å². The molecule has 8 heteroatoms. The molecule has 0 saturated carbocycles. The first kappa shape index (κ1) is 21.4. The Balaban J connectivity index is 1.23. The highest BCUT2D eigenvalue weighted by Crippen LogP contribution is 2.25. The zero-order chi connectivity index (χ0) is 22.8. The molecule has 0 atom stereocenters. The Morgan fingerprint density at radius 2 is 1.73 bits per heavy atom. The summed E-state index contributed by atoms with van der Waals surface area (Å²) in [6.07, 6.45) is 1.59. The van der Waals surface area contributed by atoms with Crippen LogP contribution in [0.15, 0.2) is 60.7 Å². The van der Waals surface area contributed by atoms with Crippen LogP contribution in [0.3, 0.4) is 0 Å². The van der Waals surface area contributed by atoms with Gasteiger partial charge in [-0.2, -0.15) is 4.52 Å². The highest BCUT2D eigenvalue weighted by Gasteiger charge is 2.26. The predicted octanol–water partition coefficient (Wildman–Crippen LogP) is 4.29. The van der Waals surface area contributed by atoms with E-state index in [1.165, 1.54) is 5.56 Å². The molecule has 2 aromatic heterocycles. The summed E-state index contributed by atoms with van der Waals surface area (Å²) in [5.41, 5.74) is 3.93. The van der Waals surface area contributed by atoms with E-state index in [0.717, 1.165) is 42.9 Å². The molecule has 0 spiro atoms. The van der Waals surface area contributed by atoms with Crippen LogP contribution in [-0.2, 0) is 11.3 Å². The summed E-state index contributed by atoms with van der Waals surface area (Å²) in [5.74, 6) is 1.68. The maximum Gasteiger partial charge on any atom is 0.223 e. The van der Waals surface area contributed by atoms with Crippen molar-refractivity contribution < 1.29 is 4.79 Å². The Morgan fingerprint density at radius 3 is 2.45 bits per heavy atom. The van der Waals surface area contributed by atoms with Crippen molar-refractivity contribution in [3.63, 3.8) is 0 Å². The lowest BCUT2D eigenvalue weighted by Crippen LogP contribution is -2.40. The minimum atomic E-state index is 0.0231. The van der Waals surface area contributed by atoms with E-state index in [2.05, 4.69) is 51.6 Å². The quantitative estimate of drug-likeness (QED) is 0.481. The monoisotopic (exact) mass is 460 g/mol. The minimum absolute atomic E-state index is 0.0231. The van der Waals surface area contributed by atoms with Crippen LogP contribution in [0.1, 0.15) is 24.0 Å². The number of nitrogens with one attached hydrogen (secondary N) is 1. The SMILES string of the molecule is Cc1ccc(CNC(=O)C2CCN(c3ccc4nnc(-c5ccc(Cl)cc5)n4n3)CC2)cc1. The summed E-state index contributed by atoms with van der Waals surface area (Å²) in [4.78, 5) is 14.9. The number of carbonyl (C=O) groups is 1. The van der Waals surface area contributed by atoms with Gasteiger partial charge in [0, 0.05) is 36.1 Å². The molecule has 0 aliphatic carbocycles. The molecule has 0 bridgehead atoms. The Morgan fingerprint density at radius 1 is 1.00 bits per heavy atom. The fraction of sp³-hybridized carbons (Fsp3) is 0.280. The second-order valence-electron chi connectivity index (χ2n) is 8.46. The largest absolute Gasteiger partial charge is 0.355 e. The van der Waals surface area contributed by atoms with Crippen LogP contribution in [-0.4, -0.2) is 38.8 Å². The molecule has 0 radical (unpaired) electrons. The zero-order valence-electron chi connectivity index (χ0n) is 18.4. The third-order valence-electron chi connectivity index (χ3n) is 6.13. The number of hydrogen-bond acceptors (Lipinski definition) is 5. The van der Waals surface area contributed by atoms with Gasteiger partial charge in [-0.05, 0) is 61.7 Å². The molecule has 168 valence electrons. The normalized spacial score (nSPS) is 14.5. The van der Waals surface area contributed by atoms with Crippen LogP contribution in [0.2, 0.25) is 5.02 Å². The molecular weight excluding hydrogens is 436 g/mol. The van der Waals surface area contributed by atoms with Gasteiger partial charge in [0.25, 0.3) is 0 Å². The fourth-order valence-electron chi connectivity index (χ4n) is 4.14. The third-order valence-corrected chi connectivity index (χ3v) is 6.38. The van der Waals surface area contributed by atoms with Gasteiger partial charge in [0.05, 0.1) is 0 Å². The van der Waals surface area contributed by atoms with Crippen LogP contribution >= 0.6 is 11.6 Å². The smallest absolute Gasteiger partial charge is 0.223 e. The first-order chi connectivity index (χ1) is 16.1. The Hall–Kier alpha value is -3.45. The van der Waals surface area contributed by atoms with E-state index in [4.69, 9.17) is 16.7 Å². The van der Waals surface area contributed by atoms with Gasteiger partial charge >= 0.3 is 0 Å². The predicted molar refractivity (Wildman–Crippen MR) is 129 cm³/mol. The molecule has 4 aromatic rings. The minimum Gasteiger partial charge on any atom is -0.355 e. The second-order valence-corrected chi connectivity index (χ2v) is 8.89. The molecular formula is C25H25ClN6O. The van der Waals surface area contributed by atoms with Crippen LogP contribution in [0.4, 0.5) is 5.82 Å². The number of aryl methyl sites for hydroxylation is 1. The highest BCUT2D eigenvalue weighted by molar-refractivity contribution is 6.30. The van der Waals surface area contributed by atoms with Crippen molar-refractivity contribution in [2.45, 2.75) is 26.3 Å². The fourth-order valence-corrected chi connectivity index (χ4v) is 4.26. The maximum atomic E-state index is 12.7. The summed E-state index contributed by atoms with van der Waals surface area (Å²) in [6, 6.07) is 19.6. The number of benzene rings is 2. The summed E-state index contributed by atoms with van der Waals surface area (Å²) in [6.45, 7) is 4.18. The van der Waals surface area contributed by atoms with Crippen LogP contribution in [0.5, 0.6) is 0 Å². The number of hydrogen-bond donors (Lipinski definition) is 1. The Bertz CT molecular complexity index is 1260. The Labute approximate surface area is 197 Å². The summed E-state index contributed by atoms with van der Waals surface area (Å²) >= 11 is 6.02. The van der Waals surface area contributed by atoms with Gasteiger partial charge in [-0.15, -0.1) is 15.3 Å². The lowest BCUT2D eigenvalue weighted by atomic mass is 9.96. The molecule has 1 fully saturated rings. The van der Waals surface area contributed by atoms with Crippen LogP contribution in [0.25, 0.3) is 17.0 Å². The number of rotatable bonds is 5. The average molecular weight is 461 g/mol. The van der Waals surface area contributed by atoms with Crippen LogP contribution < -0.4 is 10.2 Å². The van der Waals surface area contributed by atoms with Gasteiger partial charge in [0.15, 0.2) is 11.5 Å². The standard InChI is InChI=1S/C25H25ClN6O/c1-17-2-4-18(5-3-17)16-27-25(33)20-12-14-31(15-13-20)23-11-10-22-28-29-24(32(22)30-23)19-6-8-21(26)9-7-19/h2-11,20H,12-16H2,1H3,(H,27,33). The molecule has 0 unspecified atom stereocenters. The molecule has 1 N–H and O–H groups in total. The average Bonchev–Trinajstić information content (AvgIpc) is 3.27. The first-order valence-electron chi connectivity index (χ1n) is 11.1. The molecule has 7 nitrogen and oxygen atoms in total. The third kappa shape index (κ3) is 4.68. The van der Waals surface area contributed by atoms with Crippen molar-refractivity contribution in [1.29, 1.82) is 0 Å². The number of anilines is 1. The van der Waals surface area contributed by atoms with Crippen molar-refractivity contribution >= 4 is 29.0 Å². The van der Waals surface area contributed by atoms with E-state index in [0.29, 0.717) is 23.0 Å². The van der Waals surface area contributed by atoms with Gasteiger partial charge in [-0.3, -0.25) is 4.79 Å². The number of halogens is 1. The molecule has 1 amide bonds. The van der Waals surface area contributed by atoms with Gasteiger partial charge in [0.2, 0.25) is 5.91 Å². The molecule has 1 saturated heterocycles. The molecule has 1 aliphatic rings. The summed E-state index contributed by atoms with van der Waals surface area (Å²) in [7, 11) is 0. The number of fused-ring (bicyclic) bond motifs is 1. The van der Waals surface area contributed by atoms with E-state index >= 15 is 0 Å². The van der Waals surface area contributed by atoms with Gasteiger partial charge in [-0.1, -0.05) is 41.4 Å². The summed E-state index contributed by atoms with van der Waals surface area (Å²) < 4.78 is 1.76. The number of nitrogens with zero attached hydrogens (tertiary/aromatic N) is 5. The molecule has 3 heterocycles. The zero-order valence-corrected chi connectivity index (χ0v) is 19.2. The highest BCUT2D eigenvalue weighted by atomic mass is 35.5. The van der Waals surface area contributed by atoms with E-state index < -0.39 is 0 Å². The lowest BCUT2D eigenvalue weighted by Gasteiger charge is -2.32.